The normalized spacial score (nSPS) is 21.6. The van der Waals surface area contributed by atoms with Crippen molar-refractivity contribution in [2.45, 2.75) is 30.6 Å². The second-order valence-electron chi connectivity index (χ2n) is 5.87. The van der Waals surface area contributed by atoms with Crippen LogP contribution in [0.3, 0.4) is 0 Å². The largest absolute Gasteiger partial charge is 0.492 e. The van der Waals surface area contributed by atoms with Crippen molar-refractivity contribution in [2.75, 3.05) is 33.2 Å². The lowest BCUT2D eigenvalue weighted by atomic mass is 10.2. The van der Waals surface area contributed by atoms with Gasteiger partial charge in [-0.3, -0.25) is 4.99 Å². The fourth-order valence-corrected chi connectivity index (χ4v) is 3.77. The predicted octanol–water partition coefficient (Wildman–Crippen LogP) is 2.86. The number of nitrogens with one attached hydrogen (secondary N) is 2. The lowest BCUT2D eigenvalue weighted by Gasteiger charge is -2.17. The molecule has 1 saturated carbocycles. The zero-order valence-corrected chi connectivity index (χ0v) is 17.8. The first-order valence-corrected chi connectivity index (χ1v) is 9.59. The fraction of sp³-hybridized carbons (Fsp3) is 0.588. The summed E-state index contributed by atoms with van der Waals surface area (Å²) in [5.41, 5.74) is 0. The third kappa shape index (κ3) is 5.73. The summed E-state index contributed by atoms with van der Waals surface area (Å²) in [5.74, 6) is 3.13. The quantitative estimate of drug-likeness (QED) is 0.283. The molecule has 1 aliphatic carbocycles. The highest BCUT2D eigenvalue weighted by molar-refractivity contribution is 14.0. The Bertz CT molecular complexity index is 588. The van der Waals surface area contributed by atoms with Crippen molar-refractivity contribution in [1.82, 2.24) is 10.6 Å². The average molecular weight is 479 g/mol. The van der Waals surface area contributed by atoms with Crippen LogP contribution in [0.4, 0.5) is 0 Å². The number of hydrogen-bond donors (Lipinski definition) is 2. The third-order valence-electron chi connectivity index (χ3n) is 4.29. The standard InChI is InChI=1S/C17H25N3O3S.HI/c1-18-17(20-12-3-5-14(9-12)24-2)19-7-8-21-13-4-6-15-16(10-13)23-11-22-15;/h4,6,10,12,14H,3,5,7-9,11H2,1-2H3,(H2,18,19,20);1H. The van der Waals surface area contributed by atoms with E-state index in [9.17, 15) is 0 Å². The molecule has 25 heavy (non-hydrogen) atoms. The van der Waals surface area contributed by atoms with Gasteiger partial charge >= 0.3 is 0 Å². The van der Waals surface area contributed by atoms with Crippen LogP contribution in [0.5, 0.6) is 17.2 Å². The summed E-state index contributed by atoms with van der Waals surface area (Å²) in [6.07, 6.45) is 5.88. The molecular formula is C17H26IN3O3S. The van der Waals surface area contributed by atoms with Crippen molar-refractivity contribution < 1.29 is 14.2 Å². The Labute approximate surface area is 170 Å². The Hall–Kier alpha value is -1.03. The van der Waals surface area contributed by atoms with Gasteiger partial charge in [0.2, 0.25) is 6.79 Å². The number of nitrogens with zero attached hydrogens (tertiary/aromatic N) is 1. The Morgan fingerprint density at radius 1 is 1.32 bits per heavy atom. The molecule has 0 saturated heterocycles. The van der Waals surface area contributed by atoms with E-state index >= 15 is 0 Å². The van der Waals surface area contributed by atoms with Crippen molar-refractivity contribution in [3.8, 4) is 17.2 Å². The van der Waals surface area contributed by atoms with E-state index < -0.39 is 0 Å². The van der Waals surface area contributed by atoms with Gasteiger partial charge < -0.3 is 24.8 Å². The van der Waals surface area contributed by atoms with E-state index in [2.05, 4.69) is 21.9 Å². The maximum absolute atomic E-state index is 5.75. The van der Waals surface area contributed by atoms with Crippen molar-refractivity contribution in [1.29, 1.82) is 0 Å². The molecule has 1 aromatic carbocycles. The van der Waals surface area contributed by atoms with E-state index in [0.29, 0.717) is 19.2 Å². The molecule has 2 unspecified atom stereocenters. The average Bonchev–Trinajstić information content (AvgIpc) is 3.25. The summed E-state index contributed by atoms with van der Waals surface area (Å²) in [6.45, 7) is 1.52. The topological polar surface area (TPSA) is 64.1 Å². The van der Waals surface area contributed by atoms with E-state index in [1.807, 2.05) is 30.0 Å². The summed E-state index contributed by atoms with van der Waals surface area (Å²) >= 11 is 1.96. The first-order valence-electron chi connectivity index (χ1n) is 8.31. The number of hydrogen-bond acceptors (Lipinski definition) is 5. The number of rotatable bonds is 6. The Balaban J connectivity index is 0.00000225. The van der Waals surface area contributed by atoms with Gasteiger partial charge in [-0.15, -0.1) is 24.0 Å². The minimum absolute atomic E-state index is 0. The first kappa shape index (κ1) is 20.3. The Kier molecular flexibility index (Phi) is 8.28. The highest BCUT2D eigenvalue weighted by Gasteiger charge is 2.24. The number of guanidine groups is 1. The molecule has 2 atom stereocenters. The molecule has 1 aromatic rings. The number of ether oxygens (including phenoxy) is 3. The van der Waals surface area contributed by atoms with Crippen LogP contribution in [-0.2, 0) is 0 Å². The van der Waals surface area contributed by atoms with Gasteiger partial charge in [-0.2, -0.15) is 11.8 Å². The second kappa shape index (κ2) is 10.2. The van der Waals surface area contributed by atoms with E-state index in [1.165, 1.54) is 19.3 Å². The lowest BCUT2D eigenvalue weighted by Crippen LogP contribution is -2.43. The van der Waals surface area contributed by atoms with Gasteiger partial charge in [0, 0.05) is 24.4 Å². The first-order chi connectivity index (χ1) is 11.8. The highest BCUT2D eigenvalue weighted by Crippen LogP contribution is 2.35. The predicted molar refractivity (Wildman–Crippen MR) is 113 cm³/mol. The molecule has 0 radical (unpaired) electrons. The van der Waals surface area contributed by atoms with Crippen molar-refractivity contribution in [3.05, 3.63) is 18.2 Å². The van der Waals surface area contributed by atoms with Crippen LogP contribution in [0, 0.1) is 0 Å². The van der Waals surface area contributed by atoms with Gasteiger partial charge in [0.15, 0.2) is 17.5 Å². The van der Waals surface area contributed by atoms with Crippen LogP contribution in [-0.4, -0.2) is 50.5 Å². The summed E-state index contributed by atoms with van der Waals surface area (Å²) in [6, 6.07) is 6.13. The number of aliphatic imine (C=N–C) groups is 1. The molecule has 0 spiro atoms. The van der Waals surface area contributed by atoms with Gasteiger partial charge in [0.1, 0.15) is 12.4 Å². The number of thioether (sulfide) groups is 1. The zero-order valence-electron chi connectivity index (χ0n) is 14.6. The maximum Gasteiger partial charge on any atom is 0.231 e. The van der Waals surface area contributed by atoms with Gasteiger partial charge in [0.05, 0.1) is 6.54 Å². The van der Waals surface area contributed by atoms with Crippen molar-refractivity contribution in [2.24, 2.45) is 4.99 Å². The molecule has 2 aliphatic rings. The Morgan fingerprint density at radius 2 is 2.16 bits per heavy atom. The number of fused-ring (bicyclic) bond motifs is 1. The molecule has 0 amide bonds. The van der Waals surface area contributed by atoms with Crippen LogP contribution in [0.15, 0.2) is 23.2 Å². The molecule has 6 nitrogen and oxygen atoms in total. The molecule has 8 heteroatoms. The van der Waals surface area contributed by atoms with Gasteiger partial charge in [-0.1, -0.05) is 0 Å². The fourth-order valence-electron chi connectivity index (χ4n) is 2.98. The SMILES string of the molecule is CN=C(NCCOc1ccc2c(c1)OCO2)NC1CCC(SC)C1.I. The van der Waals surface area contributed by atoms with E-state index in [0.717, 1.165) is 28.5 Å². The van der Waals surface area contributed by atoms with Crippen molar-refractivity contribution >= 4 is 41.7 Å². The van der Waals surface area contributed by atoms with Crippen LogP contribution in [0.2, 0.25) is 0 Å². The monoisotopic (exact) mass is 479 g/mol. The molecule has 1 fully saturated rings. The Morgan fingerprint density at radius 3 is 2.92 bits per heavy atom. The molecule has 0 aromatic heterocycles. The maximum atomic E-state index is 5.75. The zero-order chi connectivity index (χ0) is 16.8. The lowest BCUT2D eigenvalue weighted by molar-refractivity contribution is 0.173. The number of benzene rings is 1. The summed E-state index contributed by atoms with van der Waals surface area (Å²) in [5, 5.41) is 7.57. The van der Waals surface area contributed by atoms with Crippen LogP contribution >= 0.6 is 35.7 Å². The highest BCUT2D eigenvalue weighted by atomic mass is 127. The van der Waals surface area contributed by atoms with Gasteiger partial charge in [-0.25, -0.2) is 0 Å². The van der Waals surface area contributed by atoms with E-state index in [1.54, 1.807) is 7.05 Å². The molecule has 3 rings (SSSR count). The molecule has 140 valence electrons. The smallest absolute Gasteiger partial charge is 0.231 e. The minimum atomic E-state index is 0. The molecule has 1 aliphatic heterocycles. The van der Waals surface area contributed by atoms with Crippen molar-refractivity contribution in [3.63, 3.8) is 0 Å². The molecular weight excluding hydrogens is 453 g/mol. The number of halogens is 1. The summed E-state index contributed by atoms with van der Waals surface area (Å²) in [7, 11) is 1.80. The summed E-state index contributed by atoms with van der Waals surface area (Å²) in [4.78, 5) is 4.29. The van der Waals surface area contributed by atoms with Crippen LogP contribution in [0.25, 0.3) is 0 Å². The van der Waals surface area contributed by atoms with E-state index in [-0.39, 0.29) is 30.8 Å². The molecule has 1 heterocycles. The van der Waals surface area contributed by atoms with Gasteiger partial charge in [0.25, 0.3) is 0 Å². The van der Waals surface area contributed by atoms with Crippen LogP contribution in [0.1, 0.15) is 19.3 Å². The van der Waals surface area contributed by atoms with Crippen LogP contribution < -0.4 is 24.8 Å². The van der Waals surface area contributed by atoms with E-state index in [4.69, 9.17) is 14.2 Å². The second-order valence-corrected chi connectivity index (χ2v) is 7.01. The summed E-state index contributed by atoms with van der Waals surface area (Å²) < 4.78 is 16.4. The van der Waals surface area contributed by atoms with Gasteiger partial charge in [-0.05, 0) is 37.7 Å². The minimum Gasteiger partial charge on any atom is -0.492 e. The third-order valence-corrected chi connectivity index (χ3v) is 5.38. The molecule has 2 N–H and O–H groups in total. The molecule has 0 bridgehead atoms.